The number of ether oxygens (including phenoxy) is 3. The Hall–Kier alpha value is -1.85. The third kappa shape index (κ3) is 3.27. The van der Waals surface area contributed by atoms with Gasteiger partial charge in [0.25, 0.3) is 0 Å². The predicted octanol–water partition coefficient (Wildman–Crippen LogP) is 0.875. The Morgan fingerprint density at radius 1 is 1.29 bits per heavy atom. The van der Waals surface area contributed by atoms with Crippen LogP contribution in [-0.4, -0.2) is 80.6 Å². The Kier molecular flexibility index (Phi) is 6.25. The summed E-state index contributed by atoms with van der Waals surface area (Å²) in [6.45, 7) is 10.4. The van der Waals surface area contributed by atoms with E-state index in [0.29, 0.717) is 12.0 Å². The topological polar surface area (TPSA) is 160 Å². The monoisotopic (exact) mass is 536 g/mol. The Balaban J connectivity index is 1.60. The van der Waals surface area contributed by atoms with Crippen LogP contribution in [-0.2, 0) is 28.6 Å². The molecule has 0 aromatic rings. The van der Waals surface area contributed by atoms with Gasteiger partial charge in [-0.05, 0) is 43.6 Å². The first-order valence-electron chi connectivity index (χ1n) is 13.7. The summed E-state index contributed by atoms with van der Waals surface area (Å²) in [5.41, 5.74) is -3.00. The maximum absolute atomic E-state index is 13.4. The number of carbonyl (C=O) groups is 3. The summed E-state index contributed by atoms with van der Waals surface area (Å²) in [5.74, 6) is -7.37. The van der Waals surface area contributed by atoms with E-state index >= 15 is 0 Å². The number of allylic oxidation sites excluding steroid dienone is 1. The predicted molar refractivity (Wildman–Crippen MR) is 131 cm³/mol. The number of rotatable bonds is 5. The molecule has 2 heterocycles. The first-order chi connectivity index (χ1) is 17.6. The minimum absolute atomic E-state index is 0.108. The second kappa shape index (κ2) is 8.57. The second-order valence-electron chi connectivity index (χ2n) is 12.9. The molecule has 4 fully saturated rings. The number of carbonyl (C=O) groups excluding carboxylic acids is 3. The number of fused-ring (bicyclic) bond motifs is 1. The zero-order valence-electron chi connectivity index (χ0n) is 22.8. The molecule has 10 heteroatoms. The van der Waals surface area contributed by atoms with Crippen LogP contribution < -0.4 is 0 Å². The third-order valence-electron chi connectivity index (χ3n) is 11.0. The average Bonchev–Trinajstić information content (AvgIpc) is 3.13. The van der Waals surface area contributed by atoms with Gasteiger partial charge in [-0.15, -0.1) is 0 Å². The summed E-state index contributed by atoms with van der Waals surface area (Å²) in [6, 6.07) is 0. The third-order valence-corrected chi connectivity index (χ3v) is 11.0. The molecule has 0 aromatic carbocycles. The van der Waals surface area contributed by atoms with E-state index < -0.39 is 88.0 Å². The van der Waals surface area contributed by atoms with Gasteiger partial charge in [0, 0.05) is 22.7 Å². The summed E-state index contributed by atoms with van der Waals surface area (Å²) in [7, 11) is 0. The van der Waals surface area contributed by atoms with Gasteiger partial charge in [0.05, 0.1) is 18.6 Å². The SMILES string of the molecule is CC[C@@](O)(CC(=O)O[C@@H]1C(=O)O[C@@H]2C[C@@H]3C(C)=CC(=O)[C@H](O)[C@]3(C)[C@H]3[C@@]4(O)OC[C@]32[C@@H]1[C@@H](C)[C@H]4O)C(C)C. The highest BCUT2D eigenvalue weighted by Gasteiger charge is 2.83. The van der Waals surface area contributed by atoms with Gasteiger partial charge in [-0.1, -0.05) is 40.2 Å². The molecule has 38 heavy (non-hydrogen) atoms. The van der Waals surface area contributed by atoms with E-state index in [-0.39, 0.29) is 25.4 Å². The lowest BCUT2D eigenvalue weighted by Crippen LogP contribution is -2.78. The molecule has 2 saturated heterocycles. The number of hydrogen-bond donors (Lipinski definition) is 4. The normalized spacial score (nSPS) is 49.0. The van der Waals surface area contributed by atoms with Crippen LogP contribution >= 0.6 is 0 Å². The molecule has 2 aliphatic heterocycles. The van der Waals surface area contributed by atoms with Crippen LogP contribution in [0.4, 0.5) is 0 Å². The maximum atomic E-state index is 13.4. The van der Waals surface area contributed by atoms with Crippen LogP contribution in [0.25, 0.3) is 0 Å². The summed E-state index contributed by atoms with van der Waals surface area (Å²) in [6.07, 6.45) is -3.49. The van der Waals surface area contributed by atoms with Crippen molar-refractivity contribution in [1.29, 1.82) is 0 Å². The fourth-order valence-corrected chi connectivity index (χ4v) is 8.90. The maximum Gasteiger partial charge on any atom is 0.348 e. The van der Waals surface area contributed by atoms with Crippen molar-refractivity contribution in [2.24, 2.45) is 40.4 Å². The molecule has 3 aliphatic carbocycles. The van der Waals surface area contributed by atoms with E-state index in [4.69, 9.17) is 14.2 Å². The van der Waals surface area contributed by atoms with Gasteiger partial charge in [-0.2, -0.15) is 0 Å². The van der Waals surface area contributed by atoms with Crippen LogP contribution in [0.5, 0.6) is 0 Å². The lowest BCUT2D eigenvalue weighted by molar-refractivity contribution is -0.340. The molecule has 10 nitrogen and oxygen atoms in total. The minimum atomic E-state index is -2.11. The van der Waals surface area contributed by atoms with Crippen molar-refractivity contribution in [3.05, 3.63) is 11.6 Å². The van der Waals surface area contributed by atoms with Crippen molar-refractivity contribution in [3.63, 3.8) is 0 Å². The average molecular weight is 537 g/mol. The summed E-state index contributed by atoms with van der Waals surface area (Å²) < 4.78 is 17.7. The Labute approximate surface area is 222 Å². The van der Waals surface area contributed by atoms with Gasteiger partial charge >= 0.3 is 11.9 Å². The van der Waals surface area contributed by atoms with Crippen LogP contribution in [0.2, 0.25) is 0 Å². The molecule has 0 radical (unpaired) electrons. The zero-order valence-corrected chi connectivity index (χ0v) is 22.8. The molecule has 0 amide bonds. The van der Waals surface area contributed by atoms with Gasteiger partial charge in [-0.3, -0.25) is 9.59 Å². The molecule has 212 valence electrons. The van der Waals surface area contributed by atoms with Gasteiger partial charge in [0.1, 0.15) is 18.3 Å². The highest BCUT2D eigenvalue weighted by Crippen LogP contribution is 2.73. The Bertz CT molecular complexity index is 1090. The Morgan fingerprint density at radius 3 is 2.55 bits per heavy atom. The molecule has 5 aliphatic rings. The quantitative estimate of drug-likeness (QED) is 0.371. The van der Waals surface area contributed by atoms with E-state index in [0.717, 1.165) is 0 Å². The van der Waals surface area contributed by atoms with Gasteiger partial charge in [-0.25, -0.2) is 4.79 Å². The molecular formula is C28H40O10. The van der Waals surface area contributed by atoms with Crippen molar-refractivity contribution in [2.45, 2.75) is 96.6 Å². The summed E-state index contributed by atoms with van der Waals surface area (Å²) >= 11 is 0. The van der Waals surface area contributed by atoms with Crippen molar-refractivity contribution < 1.29 is 49.0 Å². The smallest absolute Gasteiger partial charge is 0.348 e. The van der Waals surface area contributed by atoms with E-state index in [1.807, 2.05) is 0 Å². The molecule has 12 atom stereocenters. The number of hydrogen-bond acceptors (Lipinski definition) is 10. The van der Waals surface area contributed by atoms with Crippen molar-refractivity contribution in [3.8, 4) is 0 Å². The number of aliphatic hydroxyl groups is 4. The van der Waals surface area contributed by atoms with Crippen LogP contribution in [0.15, 0.2) is 11.6 Å². The molecule has 0 aromatic heterocycles. The summed E-state index contributed by atoms with van der Waals surface area (Å²) in [5, 5.41) is 45.5. The van der Waals surface area contributed by atoms with Crippen molar-refractivity contribution in [1.82, 2.24) is 0 Å². The highest BCUT2D eigenvalue weighted by atomic mass is 16.7. The largest absolute Gasteiger partial charge is 0.459 e. The summed E-state index contributed by atoms with van der Waals surface area (Å²) in [4.78, 5) is 39.4. The van der Waals surface area contributed by atoms with E-state index in [1.165, 1.54) is 6.08 Å². The van der Waals surface area contributed by atoms with Gasteiger partial charge in [0.15, 0.2) is 11.6 Å². The van der Waals surface area contributed by atoms with Crippen LogP contribution in [0.1, 0.15) is 60.8 Å². The number of aliphatic hydroxyl groups excluding tert-OH is 2. The lowest BCUT2D eigenvalue weighted by Gasteiger charge is -2.68. The molecule has 1 spiro atoms. The van der Waals surface area contributed by atoms with Gasteiger partial charge in [0.2, 0.25) is 6.10 Å². The first-order valence-corrected chi connectivity index (χ1v) is 13.7. The molecule has 0 unspecified atom stereocenters. The second-order valence-corrected chi connectivity index (χ2v) is 12.9. The van der Waals surface area contributed by atoms with Crippen LogP contribution in [0.3, 0.4) is 0 Å². The van der Waals surface area contributed by atoms with E-state index in [9.17, 15) is 34.8 Å². The van der Waals surface area contributed by atoms with Crippen molar-refractivity contribution >= 4 is 17.7 Å². The fraction of sp³-hybridized carbons (Fsp3) is 0.821. The zero-order chi connectivity index (χ0) is 28.2. The van der Waals surface area contributed by atoms with E-state index in [2.05, 4.69) is 0 Å². The first kappa shape index (κ1) is 27.7. The molecule has 2 bridgehead atoms. The Morgan fingerprint density at radius 2 is 1.95 bits per heavy atom. The van der Waals surface area contributed by atoms with Gasteiger partial charge < -0.3 is 34.6 Å². The number of ketones is 1. The molecule has 2 saturated carbocycles. The number of esters is 2. The molecular weight excluding hydrogens is 496 g/mol. The van der Waals surface area contributed by atoms with E-state index in [1.54, 1.807) is 41.5 Å². The standard InChI is InChI=1S/C28H40O10/c1-7-26(34,12(2)3)10-18(30)38-20-19-14(5)21(31)28(35)24-25(6)15(13(4)8-16(29)22(25)32)9-17(37-23(20)33)27(19,24)11-36-28/h8,12,14-15,17,19-22,24,31-32,34-35H,7,9-11H2,1-6H3/t14-,15-,17-,19-,20+,21-,22+,24-,25-,26-,27+,28+/m1/s1. The molecule has 4 N–H and O–H groups in total. The molecule has 5 rings (SSSR count). The fourth-order valence-electron chi connectivity index (χ4n) is 8.90. The lowest BCUT2D eigenvalue weighted by atomic mass is 9.38. The van der Waals surface area contributed by atoms with Crippen LogP contribution in [0, 0.1) is 40.4 Å². The highest BCUT2D eigenvalue weighted by molar-refractivity contribution is 5.96. The van der Waals surface area contributed by atoms with Crippen molar-refractivity contribution in [2.75, 3.05) is 6.61 Å². The minimum Gasteiger partial charge on any atom is -0.459 e.